The highest BCUT2D eigenvalue weighted by Gasteiger charge is 2.24. The third kappa shape index (κ3) is 8.75. The van der Waals surface area contributed by atoms with E-state index in [4.69, 9.17) is 0 Å². The summed E-state index contributed by atoms with van der Waals surface area (Å²) >= 11 is 0. The van der Waals surface area contributed by atoms with E-state index in [9.17, 15) is 0 Å². The molecule has 0 spiro atoms. The van der Waals surface area contributed by atoms with E-state index in [0.29, 0.717) is 0 Å². The number of hydrogen-bond acceptors (Lipinski definition) is 0. The fourth-order valence-electron chi connectivity index (χ4n) is 2.16. The number of allylic oxidation sites excluding steroid dienone is 1. The second-order valence-corrected chi connectivity index (χ2v) is 11.1. The van der Waals surface area contributed by atoms with Gasteiger partial charge in [-0.25, -0.2) is 0 Å². The average Bonchev–Trinajstić information content (AvgIpc) is 1.77. The molecule has 84 valence electrons. The van der Waals surface area contributed by atoms with Crippen LogP contribution in [0.1, 0.15) is 33.6 Å². The van der Waals surface area contributed by atoms with Crippen molar-refractivity contribution in [1.82, 2.24) is 0 Å². The van der Waals surface area contributed by atoms with E-state index >= 15 is 0 Å². The molecule has 1 unspecified atom stereocenters. The van der Waals surface area contributed by atoms with Crippen molar-refractivity contribution in [2.24, 2.45) is 11.8 Å². The van der Waals surface area contributed by atoms with Gasteiger partial charge in [0.2, 0.25) is 0 Å². The summed E-state index contributed by atoms with van der Waals surface area (Å²) in [6.07, 6.45) is 4.03. The smallest absolute Gasteiger partial charge is 0.0617 e. The average molecular weight is 215 g/mol. The molecule has 0 saturated heterocycles. The highest BCUT2D eigenvalue weighted by molar-refractivity contribution is 7.73. The molecule has 14 heavy (non-hydrogen) atoms. The molecular weight excluding hydrogens is 187 g/mol. The highest BCUT2D eigenvalue weighted by Crippen LogP contribution is 2.49. The van der Waals surface area contributed by atoms with Gasteiger partial charge in [-0.3, -0.25) is 0 Å². The summed E-state index contributed by atoms with van der Waals surface area (Å²) in [4.78, 5) is 0. The standard InChI is InChI=1S/C13H28P/c1-11(2)8-13(9-12(3)4)10-14(5,6)7/h12-13H,1,8-10H2,2-7H3/q+1. The van der Waals surface area contributed by atoms with Gasteiger partial charge in [-0.1, -0.05) is 19.4 Å². The molecule has 0 aromatic rings. The Balaban J connectivity index is 4.17. The molecule has 0 heterocycles. The van der Waals surface area contributed by atoms with Crippen molar-refractivity contribution >= 4 is 7.26 Å². The molecule has 0 amide bonds. The van der Waals surface area contributed by atoms with Crippen LogP contribution in [-0.4, -0.2) is 26.2 Å². The lowest BCUT2D eigenvalue weighted by Gasteiger charge is -2.22. The van der Waals surface area contributed by atoms with Crippen LogP contribution in [0.15, 0.2) is 12.2 Å². The Morgan fingerprint density at radius 1 is 1.21 bits per heavy atom. The summed E-state index contributed by atoms with van der Waals surface area (Å²) < 4.78 is 0. The zero-order valence-electron chi connectivity index (χ0n) is 10.9. The summed E-state index contributed by atoms with van der Waals surface area (Å²) in [5.74, 6) is 1.70. The second-order valence-electron chi connectivity index (χ2n) is 6.13. The molecule has 0 radical (unpaired) electrons. The maximum Gasteiger partial charge on any atom is 0.0617 e. The van der Waals surface area contributed by atoms with Crippen LogP contribution in [0, 0.1) is 11.8 Å². The van der Waals surface area contributed by atoms with Crippen LogP contribution in [0.2, 0.25) is 0 Å². The normalized spacial score (nSPS) is 14.5. The van der Waals surface area contributed by atoms with E-state index in [1.54, 1.807) is 0 Å². The maximum atomic E-state index is 4.04. The molecule has 0 nitrogen and oxygen atoms in total. The van der Waals surface area contributed by atoms with Gasteiger partial charge in [-0.05, 0) is 31.6 Å². The molecule has 0 fully saturated rings. The summed E-state index contributed by atoms with van der Waals surface area (Å²) in [5, 5.41) is 0. The molecule has 0 aromatic heterocycles. The van der Waals surface area contributed by atoms with Crippen LogP contribution < -0.4 is 0 Å². The SMILES string of the molecule is C=C(C)CC(CC(C)C)C[P+](C)(C)C. The first kappa shape index (κ1) is 14.2. The zero-order chi connectivity index (χ0) is 11.4. The third-order valence-electron chi connectivity index (χ3n) is 2.25. The van der Waals surface area contributed by atoms with Crippen LogP contribution in [0.5, 0.6) is 0 Å². The first-order chi connectivity index (χ1) is 6.20. The van der Waals surface area contributed by atoms with Crippen molar-refractivity contribution in [3.8, 4) is 0 Å². The zero-order valence-corrected chi connectivity index (χ0v) is 11.8. The first-order valence-electron chi connectivity index (χ1n) is 5.65. The Labute approximate surface area is 91.5 Å². The Morgan fingerprint density at radius 2 is 1.71 bits per heavy atom. The van der Waals surface area contributed by atoms with Crippen molar-refractivity contribution < 1.29 is 0 Å². The fourth-order valence-corrected chi connectivity index (χ4v) is 3.98. The van der Waals surface area contributed by atoms with E-state index in [1.807, 2.05) is 0 Å². The van der Waals surface area contributed by atoms with Crippen molar-refractivity contribution in [3.05, 3.63) is 12.2 Å². The van der Waals surface area contributed by atoms with Gasteiger partial charge in [0.05, 0.1) is 6.16 Å². The topological polar surface area (TPSA) is 0 Å². The van der Waals surface area contributed by atoms with Gasteiger partial charge in [-0.2, -0.15) is 0 Å². The first-order valence-corrected chi connectivity index (χ1v) is 8.97. The number of rotatable bonds is 6. The van der Waals surface area contributed by atoms with Gasteiger partial charge in [0.15, 0.2) is 0 Å². The molecule has 0 N–H and O–H groups in total. The fraction of sp³-hybridized carbons (Fsp3) is 0.846. The lowest BCUT2D eigenvalue weighted by atomic mass is 9.93. The quantitative estimate of drug-likeness (QED) is 0.451. The van der Waals surface area contributed by atoms with Crippen molar-refractivity contribution in [3.63, 3.8) is 0 Å². The van der Waals surface area contributed by atoms with Gasteiger partial charge in [0, 0.05) is 27.3 Å². The summed E-state index contributed by atoms with van der Waals surface area (Å²) in [6.45, 7) is 18.2. The molecule has 1 heteroatoms. The Morgan fingerprint density at radius 3 is 2.00 bits per heavy atom. The van der Waals surface area contributed by atoms with E-state index in [1.165, 1.54) is 24.6 Å². The van der Waals surface area contributed by atoms with Crippen LogP contribution in [0.4, 0.5) is 0 Å². The molecule has 0 bridgehead atoms. The third-order valence-corrected chi connectivity index (χ3v) is 3.86. The van der Waals surface area contributed by atoms with E-state index in [-0.39, 0.29) is 0 Å². The lowest BCUT2D eigenvalue weighted by molar-refractivity contribution is 0.440. The van der Waals surface area contributed by atoms with Gasteiger partial charge in [0.25, 0.3) is 0 Å². The van der Waals surface area contributed by atoms with Crippen LogP contribution in [0.25, 0.3) is 0 Å². The summed E-state index contributed by atoms with van der Waals surface area (Å²) in [5.41, 5.74) is 1.35. The van der Waals surface area contributed by atoms with Crippen molar-refractivity contribution in [1.29, 1.82) is 0 Å². The lowest BCUT2D eigenvalue weighted by Crippen LogP contribution is -2.12. The van der Waals surface area contributed by atoms with Gasteiger partial charge in [0.1, 0.15) is 0 Å². The van der Waals surface area contributed by atoms with Gasteiger partial charge in [-0.15, -0.1) is 6.58 Å². The predicted molar refractivity (Wildman–Crippen MR) is 71.9 cm³/mol. The van der Waals surface area contributed by atoms with Gasteiger partial charge < -0.3 is 0 Å². The highest BCUT2D eigenvalue weighted by atomic mass is 31.2. The largest absolute Gasteiger partial charge is 0.100 e. The Bertz CT molecular complexity index is 174. The van der Waals surface area contributed by atoms with Gasteiger partial charge >= 0.3 is 0 Å². The maximum absolute atomic E-state index is 4.04. The summed E-state index contributed by atoms with van der Waals surface area (Å²) in [7, 11) is -0.625. The summed E-state index contributed by atoms with van der Waals surface area (Å²) in [6, 6.07) is 0. The monoisotopic (exact) mass is 215 g/mol. The second kappa shape index (κ2) is 5.91. The van der Waals surface area contributed by atoms with E-state index in [0.717, 1.165) is 11.8 Å². The molecule has 1 atom stereocenters. The molecule has 0 aliphatic heterocycles. The molecular formula is C13H28P+. The molecule has 0 rings (SSSR count). The van der Waals surface area contributed by atoms with Crippen LogP contribution in [0.3, 0.4) is 0 Å². The molecule has 0 aliphatic rings. The number of hydrogen-bond donors (Lipinski definition) is 0. The molecule has 0 aromatic carbocycles. The van der Waals surface area contributed by atoms with E-state index < -0.39 is 7.26 Å². The van der Waals surface area contributed by atoms with E-state index in [2.05, 4.69) is 47.3 Å². The van der Waals surface area contributed by atoms with Crippen LogP contribution in [-0.2, 0) is 0 Å². The Hall–Kier alpha value is 0.170. The minimum atomic E-state index is -0.625. The van der Waals surface area contributed by atoms with Crippen molar-refractivity contribution in [2.45, 2.75) is 33.6 Å². The minimum Gasteiger partial charge on any atom is -0.100 e. The predicted octanol–water partition coefficient (Wildman–Crippen LogP) is 4.52. The molecule has 0 saturated carbocycles. The van der Waals surface area contributed by atoms with Crippen molar-refractivity contribution in [2.75, 3.05) is 26.2 Å². The minimum absolute atomic E-state index is 0.625. The Kier molecular flexibility index (Phi) is 5.98. The molecule has 0 aliphatic carbocycles. The van der Waals surface area contributed by atoms with Crippen LogP contribution >= 0.6 is 7.26 Å².